The number of halogens is 2. The number of rotatable bonds is 5. The summed E-state index contributed by atoms with van der Waals surface area (Å²) >= 11 is 2.73. The number of amides is 1. The highest BCUT2D eigenvalue weighted by atomic mass is 32.2. The molecular formula is C19H16F2N4OS2. The highest BCUT2D eigenvalue weighted by molar-refractivity contribution is 8.00. The number of nitrogens with zero attached hydrogens (tertiary/aromatic N) is 4. The first-order chi connectivity index (χ1) is 13.6. The van der Waals surface area contributed by atoms with Gasteiger partial charge in [0, 0.05) is 17.9 Å². The van der Waals surface area contributed by atoms with Crippen LogP contribution >= 0.6 is 23.5 Å². The molecule has 1 aliphatic rings. The van der Waals surface area contributed by atoms with E-state index < -0.39 is 5.82 Å². The Morgan fingerprint density at radius 2 is 1.89 bits per heavy atom. The van der Waals surface area contributed by atoms with Crippen LogP contribution in [0.2, 0.25) is 0 Å². The van der Waals surface area contributed by atoms with E-state index in [1.54, 1.807) is 53.1 Å². The van der Waals surface area contributed by atoms with Crippen molar-refractivity contribution in [2.75, 3.05) is 18.1 Å². The summed E-state index contributed by atoms with van der Waals surface area (Å²) in [7, 11) is 0. The van der Waals surface area contributed by atoms with Gasteiger partial charge in [-0.3, -0.25) is 9.36 Å². The number of thioether (sulfide) groups is 2. The number of hydrogen-bond acceptors (Lipinski definition) is 5. The predicted octanol–water partition coefficient (Wildman–Crippen LogP) is 3.91. The minimum absolute atomic E-state index is 0.110. The maximum atomic E-state index is 14.2. The van der Waals surface area contributed by atoms with Crippen molar-refractivity contribution in [2.24, 2.45) is 0 Å². The Balaban J connectivity index is 1.48. The van der Waals surface area contributed by atoms with Gasteiger partial charge in [0.1, 0.15) is 23.3 Å². The standard InChI is InChI=1S/C19H16F2N4OS2/c20-14-6-2-1-5-13(14)18-24(9-10-27-18)17(26)11-28-19-23-22-12-25(19)16-8-4-3-7-15(16)21/h1-8,12,18H,9-11H2/t18-/m1/s1. The Labute approximate surface area is 169 Å². The number of hydrogen-bond donors (Lipinski definition) is 0. The first kappa shape index (κ1) is 18.9. The molecule has 0 saturated carbocycles. The predicted molar refractivity (Wildman–Crippen MR) is 105 cm³/mol. The molecule has 0 radical (unpaired) electrons. The number of benzene rings is 2. The van der Waals surface area contributed by atoms with E-state index in [4.69, 9.17) is 0 Å². The van der Waals surface area contributed by atoms with Gasteiger partial charge < -0.3 is 4.90 Å². The Bertz CT molecular complexity index is 997. The minimum atomic E-state index is -0.397. The summed E-state index contributed by atoms with van der Waals surface area (Å²) in [5.74, 6) is 0.0310. The van der Waals surface area contributed by atoms with Gasteiger partial charge in [0.05, 0.1) is 11.4 Å². The fourth-order valence-electron chi connectivity index (χ4n) is 3.00. The molecule has 1 fully saturated rings. The van der Waals surface area contributed by atoms with Gasteiger partial charge in [-0.15, -0.1) is 22.0 Å². The Morgan fingerprint density at radius 1 is 1.14 bits per heavy atom. The molecule has 1 amide bonds. The summed E-state index contributed by atoms with van der Waals surface area (Å²) in [6.07, 6.45) is 1.42. The van der Waals surface area contributed by atoms with Gasteiger partial charge in [0.25, 0.3) is 0 Å². The van der Waals surface area contributed by atoms with Gasteiger partial charge in [0.2, 0.25) is 5.91 Å². The first-order valence-corrected chi connectivity index (χ1v) is 10.6. The van der Waals surface area contributed by atoms with Crippen LogP contribution in [-0.2, 0) is 4.79 Å². The largest absolute Gasteiger partial charge is 0.325 e. The van der Waals surface area contributed by atoms with E-state index in [1.807, 2.05) is 0 Å². The van der Waals surface area contributed by atoms with Gasteiger partial charge in [-0.2, -0.15) is 0 Å². The Morgan fingerprint density at radius 3 is 2.68 bits per heavy atom. The van der Waals surface area contributed by atoms with Gasteiger partial charge in [-0.25, -0.2) is 8.78 Å². The number of carbonyl (C=O) groups is 1. The topological polar surface area (TPSA) is 51.0 Å². The van der Waals surface area contributed by atoms with E-state index in [1.165, 1.54) is 34.8 Å². The van der Waals surface area contributed by atoms with Crippen LogP contribution in [0.1, 0.15) is 10.9 Å². The van der Waals surface area contributed by atoms with Crippen molar-refractivity contribution in [1.82, 2.24) is 19.7 Å². The molecule has 0 spiro atoms. The molecule has 1 atom stereocenters. The third-order valence-electron chi connectivity index (χ3n) is 4.34. The van der Waals surface area contributed by atoms with Crippen molar-refractivity contribution in [1.29, 1.82) is 0 Å². The van der Waals surface area contributed by atoms with E-state index in [9.17, 15) is 13.6 Å². The van der Waals surface area contributed by atoms with Crippen LogP contribution in [0.15, 0.2) is 60.0 Å². The van der Waals surface area contributed by atoms with Crippen molar-refractivity contribution in [3.05, 3.63) is 72.1 Å². The van der Waals surface area contributed by atoms with E-state index in [0.717, 1.165) is 5.75 Å². The molecule has 28 heavy (non-hydrogen) atoms. The summed E-state index contributed by atoms with van der Waals surface area (Å²) in [5, 5.41) is 7.92. The van der Waals surface area contributed by atoms with E-state index in [-0.39, 0.29) is 22.9 Å². The molecule has 1 aromatic heterocycles. The van der Waals surface area contributed by atoms with E-state index >= 15 is 0 Å². The van der Waals surface area contributed by atoms with Crippen LogP contribution in [0.25, 0.3) is 5.69 Å². The summed E-state index contributed by atoms with van der Waals surface area (Å²) in [4.78, 5) is 14.5. The molecule has 0 bridgehead atoms. The zero-order valence-corrected chi connectivity index (χ0v) is 16.3. The number of carbonyl (C=O) groups excluding carboxylic acids is 1. The van der Waals surface area contributed by atoms with E-state index in [0.29, 0.717) is 23.0 Å². The lowest BCUT2D eigenvalue weighted by Gasteiger charge is -2.24. The first-order valence-electron chi connectivity index (χ1n) is 8.58. The zero-order chi connectivity index (χ0) is 19.5. The van der Waals surface area contributed by atoms with Gasteiger partial charge in [-0.05, 0) is 18.2 Å². The molecule has 0 N–H and O–H groups in total. The summed E-state index contributed by atoms with van der Waals surface area (Å²) < 4.78 is 29.7. The second kappa shape index (κ2) is 8.32. The third-order valence-corrected chi connectivity index (χ3v) is 6.51. The lowest BCUT2D eigenvalue weighted by atomic mass is 10.2. The van der Waals surface area contributed by atoms with Crippen LogP contribution in [0.5, 0.6) is 0 Å². The average molecular weight is 418 g/mol. The Kier molecular flexibility index (Phi) is 5.63. The van der Waals surface area contributed by atoms with Crippen LogP contribution < -0.4 is 0 Å². The molecule has 4 rings (SSSR count). The smallest absolute Gasteiger partial charge is 0.234 e. The second-order valence-electron chi connectivity index (χ2n) is 6.06. The third kappa shape index (κ3) is 3.77. The molecule has 144 valence electrons. The average Bonchev–Trinajstić information content (AvgIpc) is 3.36. The van der Waals surface area contributed by atoms with Crippen molar-refractivity contribution < 1.29 is 13.6 Å². The van der Waals surface area contributed by atoms with E-state index in [2.05, 4.69) is 10.2 Å². The molecular weight excluding hydrogens is 402 g/mol. The van der Waals surface area contributed by atoms with Crippen LogP contribution in [0.4, 0.5) is 8.78 Å². The number of para-hydroxylation sites is 1. The minimum Gasteiger partial charge on any atom is -0.325 e. The fraction of sp³-hybridized carbons (Fsp3) is 0.211. The zero-order valence-electron chi connectivity index (χ0n) is 14.7. The van der Waals surface area contributed by atoms with Crippen molar-refractivity contribution in [3.63, 3.8) is 0 Å². The molecule has 2 heterocycles. The molecule has 2 aromatic carbocycles. The van der Waals surface area contributed by atoms with Gasteiger partial charge in [-0.1, -0.05) is 42.1 Å². The SMILES string of the molecule is O=C(CSc1nncn1-c1ccccc1F)N1CCS[C@@H]1c1ccccc1F. The molecule has 5 nitrogen and oxygen atoms in total. The summed E-state index contributed by atoms with van der Waals surface area (Å²) in [6, 6.07) is 12.8. The van der Waals surface area contributed by atoms with Crippen molar-refractivity contribution >= 4 is 29.4 Å². The lowest BCUT2D eigenvalue weighted by Crippen LogP contribution is -2.32. The molecule has 1 saturated heterocycles. The second-order valence-corrected chi connectivity index (χ2v) is 8.19. The van der Waals surface area contributed by atoms with Crippen molar-refractivity contribution in [2.45, 2.75) is 10.5 Å². The van der Waals surface area contributed by atoms with Gasteiger partial charge >= 0.3 is 0 Å². The normalized spacial score (nSPS) is 16.5. The maximum absolute atomic E-state index is 14.2. The van der Waals surface area contributed by atoms with Crippen LogP contribution in [0.3, 0.4) is 0 Å². The monoisotopic (exact) mass is 418 g/mol. The van der Waals surface area contributed by atoms with Crippen molar-refractivity contribution in [3.8, 4) is 5.69 Å². The molecule has 1 aliphatic heterocycles. The number of aromatic nitrogens is 3. The summed E-state index contributed by atoms with van der Waals surface area (Å²) in [6.45, 7) is 0.559. The highest BCUT2D eigenvalue weighted by Gasteiger charge is 2.32. The maximum Gasteiger partial charge on any atom is 0.234 e. The fourth-order valence-corrected chi connectivity index (χ4v) is 5.11. The van der Waals surface area contributed by atoms with Gasteiger partial charge in [0.15, 0.2) is 5.16 Å². The van der Waals surface area contributed by atoms with Crippen LogP contribution in [0, 0.1) is 11.6 Å². The van der Waals surface area contributed by atoms with Crippen LogP contribution in [-0.4, -0.2) is 43.6 Å². The molecule has 3 aromatic rings. The lowest BCUT2D eigenvalue weighted by molar-refractivity contribution is -0.128. The quantitative estimate of drug-likeness (QED) is 0.588. The molecule has 0 aliphatic carbocycles. The highest BCUT2D eigenvalue weighted by Crippen LogP contribution is 2.39. The summed E-state index contributed by atoms with van der Waals surface area (Å²) in [5.41, 5.74) is 0.835. The Hall–Kier alpha value is -2.39. The molecule has 0 unspecified atom stereocenters. The molecule has 9 heteroatoms.